The van der Waals surface area contributed by atoms with Crippen LogP contribution in [0.3, 0.4) is 0 Å². The van der Waals surface area contributed by atoms with Gasteiger partial charge in [0.15, 0.2) is 18.1 Å². The van der Waals surface area contributed by atoms with Crippen molar-refractivity contribution >= 4 is 28.8 Å². The number of hydrogen-bond donors (Lipinski definition) is 1. The average molecular weight is 438 g/mol. The summed E-state index contributed by atoms with van der Waals surface area (Å²) in [6.45, 7) is 2.90. The molecule has 2 aromatic carbocycles. The summed E-state index contributed by atoms with van der Waals surface area (Å²) in [5, 5.41) is 2.82. The van der Waals surface area contributed by atoms with Crippen molar-refractivity contribution in [1.29, 1.82) is 0 Å². The van der Waals surface area contributed by atoms with E-state index in [1.165, 1.54) is 6.26 Å². The summed E-state index contributed by atoms with van der Waals surface area (Å²) < 4.78 is 50.2. The molecule has 0 unspecified atom stereocenters. The van der Waals surface area contributed by atoms with Gasteiger partial charge in [0, 0.05) is 6.92 Å². The monoisotopic (exact) mass is 438 g/mol. The Morgan fingerprint density at radius 3 is 1.97 bits per heavy atom. The number of furan rings is 1. The summed E-state index contributed by atoms with van der Waals surface area (Å²) in [5.41, 5.74) is 0.176. The zero-order valence-corrected chi connectivity index (χ0v) is 17.7. The second-order valence-corrected chi connectivity index (χ2v) is 7.88. The molecule has 4 nitrogen and oxygen atoms in total. The van der Waals surface area contributed by atoms with Gasteiger partial charge in [0.1, 0.15) is 11.3 Å². The van der Waals surface area contributed by atoms with Gasteiger partial charge in [-0.1, -0.05) is 60.7 Å². The molecule has 164 valence electrons. The molecule has 0 spiro atoms. The van der Waals surface area contributed by atoms with Crippen LogP contribution in [0, 0.1) is 0 Å². The van der Waals surface area contributed by atoms with E-state index < -0.39 is 24.1 Å². The number of halogens is 3. The fourth-order valence-corrected chi connectivity index (χ4v) is 4.64. The van der Waals surface area contributed by atoms with E-state index in [2.05, 4.69) is 5.23 Å². The Bertz CT molecular complexity index is 1150. The lowest BCUT2D eigenvalue weighted by atomic mass is 9.35. The lowest BCUT2D eigenvalue weighted by Crippen LogP contribution is -2.78. The number of rotatable bonds is 5. The van der Waals surface area contributed by atoms with Crippen LogP contribution in [0.15, 0.2) is 94.7 Å². The molecule has 1 aliphatic rings. The van der Waals surface area contributed by atoms with Crippen LogP contribution >= 0.6 is 0 Å². The number of Topliss-reactive ketones (excluding diaryl/α,β-unsaturated/α-hetero) is 1. The van der Waals surface area contributed by atoms with Crippen molar-refractivity contribution in [1.82, 2.24) is 5.23 Å². The van der Waals surface area contributed by atoms with E-state index in [0.717, 1.165) is 6.92 Å². The summed E-state index contributed by atoms with van der Waals surface area (Å²) in [6, 6.07) is 21.5. The SMILES string of the molecule is CC(=O)C1=C(C(F)(F)F)N[B-](c2ccccc2)(c2ccccc2)[N+](Cc2ccco2)=C1C. The number of alkyl halides is 3. The van der Waals surface area contributed by atoms with Gasteiger partial charge in [-0.3, -0.25) is 4.79 Å². The van der Waals surface area contributed by atoms with E-state index in [9.17, 15) is 18.0 Å². The van der Waals surface area contributed by atoms with Crippen molar-refractivity contribution in [2.24, 2.45) is 0 Å². The summed E-state index contributed by atoms with van der Waals surface area (Å²) in [4.78, 5) is 12.4. The Hall–Kier alpha value is -3.55. The zero-order chi connectivity index (χ0) is 22.9. The van der Waals surface area contributed by atoms with Crippen molar-refractivity contribution < 1.29 is 26.9 Å². The Morgan fingerprint density at radius 1 is 0.969 bits per heavy atom. The van der Waals surface area contributed by atoms with E-state index in [4.69, 9.17) is 4.42 Å². The maximum Gasteiger partial charge on any atom is 0.428 e. The number of allylic oxidation sites excluding steroid dienone is 2. The minimum atomic E-state index is -4.74. The molecule has 4 rings (SSSR count). The van der Waals surface area contributed by atoms with Crippen LogP contribution in [-0.4, -0.2) is 28.6 Å². The van der Waals surface area contributed by atoms with Crippen LogP contribution in [0.4, 0.5) is 13.2 Å². The van der Waals surface area contributed by atoms with Gasteiger partial charge in [-0.25, -0.2) is 0 Å². The molecule has 2 heterocycles. The second-order valence-electron chi connectivity index (χ2n) is 7.88. The minimum absolute atomic E-state index is 0.178. The quantitative estimate of drug-likeness (QED) is 0.621. The third-order valence-electron chi connectivity index (χ3n) is 5.97. The maximum absolute atomic E-state index is 14.3. The fraction of sp³-hybridized carbons (Fsp3) is 0.167. The number of hydrogen-bond acceptors (Lipinski definition) is 3. The number of carbonyl (C=O) groups is 1. The number of nitrogens with one attached hydrogen (secondary N) is 1. The Morgan fingerprint density at radius 2 is 1.53 bits per heavy atom. The van der Waals surface area contributed by atoms with Crippen LogP contribution in [0.5, 0.6) is 0 Å². The van der Waals surface area contributed by atoms with Crippen molar-refractivity contribution in [3.05, 3.63) is 96.1 Å². The third-order valence-corrected chi connectivity index (χ3v) is 5.97. The molecule has 1 N–H and O–H groups in total. The fourth-order valence-electron chi connectivity index (χ4n) is 4.64. The summed E-state index contributed by atoms with van der Waals surface area (Å²) >= 11 is 0. The van der Waals surface area contributed by atoms with Gasteiger partial charge in [-0.15, -0.1) is 10.9 Å². The predicted octanol–water partition coefficient (Wildman–Crippen LogP) is 3.52. The van der Waals surface area contributed by atoms with Gasteiger partial charge < -0.3 is 14.1 Å². The first-order valence-corrected chi connectivity index (χ1v) is 10.3. The molecule has 0 saturated heterocycles. The maximum atomic E-state index is 14.3. The Balaban J connectivity index is 2.11. The normalized spacial score (nSPS) is 16.2. The molecule has 0 fully saturated rings. The highest BCUT2D eigenvalue weighted by molar-refractivity contribution is 6.95. The molecule has 3 aromatic rings. The van der Waals surface area contributed by atoms with E-state index in [1.54, 1.807) is 67.6 Å². The molecule has 1 aromatic heterocycles. The molecular weight excluding hydrogens is 416 g/mol. The van der Waals surface area contributed by atoms with Crippen LogP contribution < -0.4 is 16.2 Å². The molecule has 32 heavy (non-hydrogen) atoms. The molecule has 0 amide bonds. The predicted molar refractivity (Wildman–Crippen MR) is 118 cm³/mol. The van der Waals surface area contributed by atoms with Crippen molar-refractivity contribution in [2.45, 2.75) is 26.6 Å². The topological polar surface area (TPSA) is 45.2 Å². The number of nitrogens with zero attached hydrogens (tertiary/aromatic N) is 1. The van der Waals surface area contributed by atoms with Gasteiger partial charge in [-0.2, -0.15) is 13.2 Å². The van der Waals surface area contributed by atoms with Crippen molar-refractivity contribution in [3.8, 4) is 0 Å². The van der Waals surface area contributed by atoms with Crippen molar-refractivity contribution in [2.75, 3.05) is 0 Å². The highest BCUT2D eigenvalue weighted by Crippen LogP contribution is 2.32. The Labute approximate surface area is 184 Å². The van der Waals surface area contributed by atoms with Gasteiger partial charge >= 0.3 is 12.6 Å². The van der Waals surface area contributed by atoms with Crippen LogP contribution in [0.25, 0.3) is 0 Å². The lowest BCUT2D eigenvalue weighted by Gasteiger charge is -2.45. The standard InChI is InChI=1S/C24H22BF3N2O2/c1-17-22(18(2)31)23(24(26,27)28)29-25(19-10-5-3-6-11-19,20-12-7-4-8-13-20)30(17)16-21-14-9-15-32-21/h3-15,29H,16H2,1-2H3. The molecule has 0 bridgehead atoms. The van der Waals surface area contributed by atoms with Crippen molar-refractivity contribution in [3.63, 3.8) is 0 Å². The summed E-state index contributed by atoms with van der Waals surface area (Å²) in [7, 11) is 0. The number of carbonyl (C=O) groups excluding carboxylic acids is 1. The molecule has 0 radical (unpaired) electrons. The molecule has 8 heteroatoms. The van der Waals surface area contributed by atoms with Gasteiger partial charge in [-0.05, 0) is 19.1 Å². The molecule has 1 aliphatic heterocycles. The average Bonchev–Trinajstić information content (AvgIpc) is 3.28. The third kappa shape index (κ3) is 3.66. The zero-order valence-electron chi connectivity index (χ0n) is 17.7. The largest absolute Gasteiger partial charge is 0.486 e. The van der Waals surface area contributed by atoms with Gasteiger partial charge in [0.05, 0.1) is 12.0 Å². The van der Waals surface area contributed by atoms with E-state index >= 15 is 0 Å². The van der Waals surface area contributed by atoms with Gasteiger partial charge in [0.2, 0.25) is 0 Å². The number of benzene rings is 2. The molecule has 0 saturated carbocycles. The van der Waals surface area contributed by atoms with Crippen LogP contribution in [0.2, 0.25) is 0 Å². The number of ketones is 1. The molecule has 0 atom stereocenters. The highest BCUT2D eigenvalue weighted by atomic mass is 19.4. The first kappa shape index (κ1) is 21.7. The van der Waals surface area contributed by atoms with Crippen LogP contribution in [-0.2, 0) is 11.3 Å². The summed E-state index contributed by atoms with van der Waals surface area (Å²) in [6.07, 6.45) is -5.58. The lowest BCUT2D eigenvalue weighted by molar-refractivity contribution is -0.420. The first-order chi connectivity index (χ1) is 15.2. The minimum Gasteiger partial charge on any atom is -0.486 e. The first-order valence-electron chi connectivity index (χ1n) is 10.3. The van der Waals surface area contributed by atoms with Gasteiger partial charge in [0.25, 0.3) is 0 Å². The molecular formula is C24H22BF3N2O2. The Kier molecular flexibility index (Phi) is 5.54. The van der Waals surface area contributed by atoms with Crippen LogP contribution in [0.1, 0.15) is 19.6 Å². The highest BCUT2D eigenvalue weighted by Gasteiger charge is 2.53. The molecule has 0 aliphatic carbocycles. The summed E-state index contributed by atoms with van der Waals surface area (Å²) in [5.74, 6) is -0.0834. The van der Waals surface area contributed by atoms with E-state index in [0.29, 0.717) is 16.7 Å². The van der Waals surface area contributed by atoms with E-state index in [-0.39, 0.29) is 17.8 Å². The second kappa shape index (κ2) is 8.18. The van der Waals surface area contributed by atoms with E-state index in [1.807, 2.05) is 16.6 Å². The smallest absolute Gasteiger partial charge is 0.428 e.